The minimum Gasteiger partial charge on any atom is -0.493 e. The van der Waals surface area contributed by atoms with Crippen LogP contribution in [0.25, 0.3) is 0 Å². The summed E-state index contributed by atoms with van der Waals surface area (Å²) in [6, 6.07) is 2.59. The van der Waals surface area contributed by atoms with Gasteiger partial charge in [-0.2, -0.15) is 18.3 Å². The lowest BCUT2D eigenvalue weighted by Gasteiger charge is -2.13. The molecule has 0 amide bonds. The molecule has 0 fully saturated rings. The smallest absolute Gasteiger partial charge is 0.422 e. The summed E-state index contributed by atoms with van der Waals surface area (Å²) in [6.07, 6.45) is -4.74. The van der Waals surface area contributed by atoms with Crippen LogP contribution in [0.1, 0.15) is 18.1 Å². The van der Waals surface area contributed by atoms with Crippen molar-refractivity contribution in [1.29, 1.82) is 0 Å². The highest BCUT2D eigenvalue weighted by Gasteiger charge is 2.42. The van der Waals surface area contributed by atoms with Gasteiger partial charge < -0.3 is 9.47 Å². The zero-order chi connectivity index (χ0) is 22.8. The largest absolute Gasteiger partial charge is 0.493 e. The van der Waals surface area contributed by atoms with E-state index in [1.165, 1.54) is 19.2 Å². The van der Waals surface area contributed by atoms with Crippen molar-refractivity contribution >= 4 is 33.8 Å². The van der Waals surface area contributed by atoms with Crippen LogP contribution in [0.2, 0.25) is 0 Å². The Balaban J connectivity index is 2.39. The normalized spacial score (nSPS) is 11.7. The van der Waals surface area contributed by atoms with E-state index in [0.29, 0.717) is 0 Å². The first-order valence-electron chi connectivity index (χ1n) is 7.66. The molecule has 0 unspecified atom stereocenters. The Hall–Kier alpha value is -2.83. The molecule has 0 aliphatic carbocycles. The van der Waals surface area contributed by atoms with Crippen LogP contribution in [-0.4, -0.2) is 19.3 Å². The molecule has 2 aromatic carbocycles. The highest BCUT2D eigenvalue weighted by molar-refractivity contribution is 9.10. The fourth-order valence-electron chi connectivity index (χ4n) is 2.19. The lowest BCUT2D eigenvalue weighted by Crippen LogP contribution is -2.16. The summed E-state index contributed by atoms with van der Waals surface area (Å²) in [4.78, 5) is 11.1. The van der Waals surface area contributed by atoms with E-state index in [4.69, 9.17) is 9.47 Å². The van der Waals surface area contributed by atoms with Crippen LogP contribution >= 0.6 is 15.9 Å². The SMILES string of the molecule is COc1cc(/C=N\Nc2c(F)c(F)c(C(F)(F)F)c(F)c2F)c(Br)cc1OC(C)=O. The van der Waals surface area contributed by atoms with Gasteiger partial charge in [-0.3, -0.25) is 10.2 Å². The van der Waals surface area contributed by atoms with E-state index in [9.17, 15) is 35.5 Å². The monoisotopic (exact) mass is 502 g/mol. The third-order valence-corrected chi connectivity index (χ3v) is 4.15. The van der Waals surface area contributed by atoms with Crippen molar-refractivity contribution in [3.63, 3.8) is 0 Å². The quantitative estimate of drug-likeness (QED) is 0.148. The van der Waals surface area contributed by atoms with Crippen LogP contribution in [0.4, 0.5) is 36.4 Å². The maximum atomic E-state index is 13.8. The van der Waals surface area contributed by atoms with Crippen LogP contribution in [0.5, 0.6) is 11.5 Å². The number of halogens is 8. The second kappa shape index (κ2) is 8.90. The number of hydrogen-bond acceptors (Lipinski definition) is 5. The molecule has 1 N–H and O–H groups in total. The molecule has 162 valence electrons. The van der Waals surface area contributed by atoms with Crippen molar-refractivity contribution < 1.29 is 45.0 Å². The maximum absolute atomic E-state index is 13.8. The number of rotatable bonds is 5. The number of carbonyl (C=O) groups excluding carboxylic acids is 1. The molecular weight excluding hydrogens is 493 g/mol. The molecule has 30 heavy (non-hydrogen) atoms. The van der Waals surface area contributed by atoms with Gasteiger partial charge >= 0.3 is 12.1 Å². The molecule has 0 aliphatic heterocycles. The average molecular weight is 503 g/mol. The zero-order valence-electron chi connectivity index (χ0n) is 14.9. The zero-order valence-corrected chi connectivity index (χ0v) is 16.5. The van der Waals surface area contributed by atoms with E-state index >= 15 is 0 Å². The number of benzene rings is 2. The van der Waals surface area contributed by atoms with Gasteiger partial charge in [-0.15, -0.1) is 0 Å². The molecule has 0 spiro atoms. The molecule has 0 aliphatic rings. The second-order valence-corrected chi connectivity index (χ2v) is 6.35. The molecule has 0 aromatic heterocycles. The van der Waals surface area contributed by atoms with E-state index in [-0.39, 0.29) is 21.5 Å². The lowest BCUT2D eigenvalue weighted by atomic mass is 10.1. The number of carbonyl (C=O) groups is 1. The molecule has 2 aromatic rings. The summed E-state index contributed by atoms with van der Waals surface area (Å²) in [5.74, 6) is -10.4. The molecule has 2 rings (SSSR count). The van der Waals surface area contributed by atoms with Gasteiger partial charge in [-0.1, -0.05) is 0 Å². The number of ether oxygens (including phenoxy) is 2. The minimum absolute atomic E-state index is 0.0333. The Bertz CT molecular complexity index is 997. The number of nitrogens with zero attached hydrogens (tertiary/aromatic N) is 1. The van der Waals surface area contributed by atoms with E-state index in [1.54, 1.807) is 5.43 Å². The molecule has 0 heterocycles. The van der Waals surface area contributed by atoms with Crippen molar-refractivity contribution in [3.8, 4) is 11.5 Å². The van der Waals surface area contributed by atoms with Gasteiger partial charge in [0.1, 0.15) is 11.3 Å². The maximum Gasteiger partial charge on any atom is 0.422 e. The molecule has 0 saturated heterocycles. The first-order valence-corrected chi connectivity index (χ1v) is 8.45. The van der Waals surface area contributed by atoms with E-state index in [0.717, 1.165) is 13.1 Å². The van der Waals surface area contributed by atoms with Crippen LogP contribution in [0.3, 0.4) is 0 Å². The number of methoxy groups -OCH3 is 1. The van der Waals surface area contributed by atoms with Gasteiger partial charge in [0.15, 0.2) is 34.8 Å². The molecule has 0 radical (unpaired) electrons. The molecule has 0 saturated carbocycles. The standard InChI is InChI=1S/C17H10BrF7N2O3/c1-6(28)30-10-4-8(18)7(3-9(10)29-2)5-26-27-16-14(21)12(19)11(17(23,24)25)13(20)15(16)22/h3-5,27H,1-2H3/b26-5-. The Morgan fingerprint density at radius 3 is 2.10 bits per heavy atom. The topological polar surface area (TPSA) is 59.9 Å². The summed E-state index contributed by atoms with van der Waals surface area (Å²) in [7, 11) is 1.26. The van der Waals surface area contributed by atoms with Crippen LogP contribution < -0.4 is 14.9 Å². The number of esters is 1. The van der Waals surface area contributed by atoms with Crippen molar-refractivity contribution in [3.05, 3.63) is 51.0 Å². The van der Waals surface area contributed by atoms with Crippen molar-refractivity contribution in [2.45, 2.75) is 13.1 Å². The Morgan fingerprint density at radius 1 is 1.07 bits per heavy atom. The summed E-state index contributed by atoms with van der Waals surface area (Å²) in [5.41, 5.74) is -2.44. The molecular formula is C17H10BrF7N2O3. The number of hydrogen-bond donors (Lipinski definition) is 1. The van der Waals surface area contributed by atoms with Gasteiger partial charge in [0, 0.05) is 17.0 Å². The van der Waals surface area contributed by atoms with Crippen molar-refractivity contribution in [1.82, 2.24) is 0 Å². The van der Waals surface area contributed by atoms with E-state index < -0.39 is 46.7 Å². The number of nitrogens with one attached hydrogen (secondary N) is 1. The molecule has 13 heteroatoms. The predicted octanol–water partition coefficient (Wildman–Crippen LogP) is 5.40. The fraction of sp³-hybridized carbons (Fsp3) is 0.176. The Morgan fingerprint density at radius 2 is 1.63 bits per heavy atom. The summed E-state index contributed by atoms with van der Waals surface area (Å²) < 4.78 is 103. The highest BCUT2D eigenvalue weighted by Crippen LogP contribution is 2.38. The number of anilines is 1. The third kappa shape index (κ3) is 4.83. The number of alkyl halides is 3. The minimum atomic E-state index is -5.65. The first kappa shape index (κ1) is 23.4. The van der Waals surface area contributed by atoms with Crippen molar-refractivity contribution in [2.24, 2.45) is 5.10 Å². The molecule has 0 atom stereocenters. The summed E-state index contributed by atoms with van der Waals surface area (Å²) in [5, 5.41) is 3.37. The van der Waals surface area contributed by atoms with Crippen molar-refractivity contribution in [2.75, 3.05) is 12.5 Å². The first-order chi connectivity index (χ1) is 13.9. The Labute approximate surface area is 172 Å². The van der Waals surface area contributed by atoms with Crippen LogP contribution in [0, 0.1) is 23.3 Å². The Kier molecular flexibility index (Phi) is 6.95. The summed E-state index contributed by atoms with van der Waals surface area (Å²) >= 11 is 3.11. The fourth-order valence-corrected chi connectivity index (χ4v) is 2.61. The van der Waals surface area contributed by atoms with Gasteiger partial charge in [-0.25, -0.2) is 17.6 Å². The second-order valence-electron chi connectivity index (χ2n) is 5.49. The van der Waals surface area contributed by atoms with Crippen LogP contribution in [-0.2, 0) is 11.0 Å². The average Bonchev–Trinajstić information content (AvgIpc) is 2.63. The summed E-state index contributed by atoms with van der Waals surface area (Å²) in [6.45, 7) is 1.15. The van der Waals surface area contributed by atoms with Gasteiger partial charge in [0.25, 0.3) is 0 Å². The van der Waals surface area contributed by atoms with E-state index in [1.807, 2.05) is 0 Å². The van der Waals surface area contributed by atoms with Gasteiger partial charge in [-0.05, 0) is 28.1 Å². The van der Waals surface area contributed by atoms with Gasteiger partial charge in [0.05, 0.1) is 13.3 Å². The van der Waals surface area contributed by atoms with Crippen LogP contribution in [0.15, 0.2) is 21.7 Å². The highest BCUT2D eigenvalue weighted by atomic mass is 79.9. The molecule has 5 nitrogen and oxygen atoms in total. The molecule has 0 bridgehead atoms. The number of hydrazone groups is 1. The lowest BCUT2D eigenvalue weighted by molar-refractivity contribution is -0.143. The third-order valence-electron chi connectivity index (χ3n) is 3.46. The van der Waals surface area contributed by atoms with E-state index in [2.05, 4.69) is 21.0 Å². The predicted molar refractivity (Wildman–Crippen MR) is 94.5 cm³/mol. The van der Waals surface area contributed by atoms with Gasteiger partial charge in [0.2, 0.25) is 0 Å².